The molecule has 17 heavy (non-hydrogen) atoms. The zero-order chi connectivity index (χ0) is 12.4. The van der Waals surface area contributed by atoms with Crippen molar-refractivity contribution in [1.29, 1.82) is 0 Å². The third kappa shape index (κ3) is 2.69. The summed E-state index contributed by atoms with van der Waals surface area (Å²) in [6.45, 7) is 1.89. The molecule has 1 fully saturated rings. The predicted octanol–water partition coefficient (Wildman–Crippen LogP) is 2.64. The molecule has 0 aliphatic carbocycles. The van der Waals surface area contributed by atoms with Crippen molar-refractivity contribution >= 4 is 5.78 Å². The molecule has 1 aromatic carbocycles. The first-order chi connectivity index (χ1) is 8.08. The third-order valence-corrected chi connectivity index (χ3v) is 3.00. The minimum Gasteiger partial charge on any atom is -0.367 e. The minimum atomic E-state index is -0.676. The van der Waals surface area contributed by atoms with Gasteiger partial charge < -0.3 is 4.74 Å². The van der Waals surface area contributed by atoms with E-state index in [9.17, 15) is 13.6 Å². The number of hydrogen-bond donors (Lipinski definition) is 0. The summed E-state index contributed by atoms with van der Waals surface area (Å²) >= 11 is 0. The summed E-state index contributed by atoms with van der Waals surface area (Å²) in [7, 11) is 0. The van der Waals surface area contributed by atoms with Gasteiger partial charge in [-0.2, -0.15) is 0 Å². The van der Waals surface area contributed by atoms with Gasteiger partial charge in [-0.15, -0.1) is 0 Å². The maximum Gasteiger partial charge on any atom is 0.166 e. The Morgan fingerprint density at radius 1 is 1.35 bits per heavy atom. The highest BCUT2D eigenvalue weighted by Gasteiger charge is 2.29. The van der Waals surface area contributed by atoms with Crippen molar-refractivity contribution in [2.75, 3.05) is 0 Å². The third-order valence-electron chi connectivity index (χ3n) is 3.00. The Balaban J connectivity index is 2.08. The van der Waals surface area contributed by atoms with Crippen LogP contribution in [0.2, 0.25) is 0 Å². The van der Waals surface area contributed by atoms with E-state index in [4.69, 9.17) is 4.74 Å². The second-order valence-corrected chi connectivity index (χ2v) is 4.36. The summed E-state index contributed by atoms with van der Waals surface area (Å²) in [6.07, 6.45) is 0.751. The average molecular weight is 240 g/mol. The van der Waals surface area contributed by atoms with E-state index in [1.807, 2.05) is 6.92 Å². The number of halogens is 2. The molecule has 1 aliphatic heterocycles. The Morgan fingerprint density at radius 2 is 2.00 bits per heavy atom. The van der Waals surface area contributed by atoms with Crippen molar-refractivity contribution < 1.29 is 18.3 Å². The highest BCUT2D eigenvalue weighted by atomic mass is 19.1. The van der Waals surface area contributed by atoms with Crippen LogP contribution in [0.4, 0.5) is 8.78 Å². The minimum absolute atomic E-state index is 0.0504. The lowest BCUT2D eigenvalue weighted by Gasteiger charge is -2.10. The van der Waals surface area contributed by atoms with Gasteiger partial charge in [-0.25, -0.2) is 8.78 Å². The number of carbonyl (C=O) groups excluding carboxylic acids is 1. The molecule has 2 atom stereocenters. The number of hydrogen-bond acceptors (Lipinski definition) is 2. The van der Waals surface area contributed by atoms with Crippen LogP contribution in [0.3, 0.4) is 0 Å². The van der Waals surface area contributed by atoms with Gasteiger partial charge in [-0.05, 0) is 31.9 Å². The monoisotopic (exact) mass is 240 g/mol. The molecular formula is C13H14F2O2. The van der Waals surface area contributed by atoms with Crippen molar-refractivity contribution in [1.82, 2.24) is 0 Å². The summed E-state index contributed by atoms with van der Waals surface area (Å²) in [5, 5.41) is 0. The van der Waals surface area contributed by atoms with Crippen LogP contribution in [-0.2, 0) is 16.0 Å². The van der Waals surface area contributed by atoms with E-state index in [1.165, 1.54) is 6.07 Å². The second-order valence-electron chi connectivity index (χ2n) is 4.36. The van der Waals surface area contributed by atoms with Gasteiger partial charge in [-0.3, -0.25) is 4.79 Å². The molecule has 0 saturated carbocycles. The molecule has 0 amide bonds. The Labute approximate surface area is 98.6 Å². The van der Waals surface area contributed by atoms with Crippen LogP contribution < -0.4 is 0 Å². The zero-order valence-electron chi connectivity index (χ0n) is 9.58. The van der Waals surface area contributed by atoms with Crippen LogP contribution in [-0.4, -0.2) is 18.0 Å². The van der Waals surface area contributed by atoms with Gasteiger partial charge in [0.05, 0.1) is 6.10 Å². The molecule has 4 heteroatoms. The summed E-state index contributed by atoms with van der Waals surface area (Å²) < 4.78 is 32.1. The summed E-state index contributed by atoms with van der Waals surface area (Å²) in [5.41, 5.74) is -0.166. The van der Waals surface area contributed by atoms with E-state index in [-0.39, 0.29) is 23.9 Å². The fraction of sp³-hybridized carbons (Fsp3) is 0.462. The fourth-order valence-corrected chi connectivity index (χ4v) is 2.03. The van der Waals surface area contributed by atoms with Crippen LogP contribution in [0.1, 0.15) is 25.3 Å². The molecule has 2 rings (SSSR count). The van der Waals surface area contributed by atoms with E-state index >= 15 is 0 Å². The molecule has 92 valence electrons. The molecule has 0 aromatic heterocycles. The zero-order valence-corrected chi connectivity index (χ0v) is 9.58. The van der Waals surface area contributed by atoms with E-state index in [0.29, 0.717) is 6.42 Å². The normalized spacial score (nSPS) is 23.9. The second kappa shape index (κ2) is 4.92. The standard InChI is InChI=1S/C13H14F2O2/c1-8-5-6-13(17-8)12(16)7-9-10(14)3-2-4-11(9)15/h2-4,8,13H,5-7H2,1H3. The highest BCUT2D eigenvalue weighted by Crippen LogP contribution is 2.22. The number of Topliss-reactive ketones (excluding diaryl/α,β-unsaturated/α-hetero) is 1. The molecule has 0 spiro atoms. The molecule has 1 saturated heterocycles. The lowest BCUT2D eigenvalue weighted by molar-refractivity contribution is -0.128. The van der Waals surface area contributed by atoms with Crippen molar-refractivity contribution in [3.8, 4) is 0 Å². The largest absolute Gasteiger partial charge is 0.367 e. The first-order valence-corrected chi connectivity index (χ1v) is 5.69. The number of ether oxygens (including phenoxy) is 1. The van der Waals surface area contributed by atoms with Crippen LogP contribution in [0.25, 0.3) is 0 Å². The number of ketones is 1. The summed E-state index contributed by atoms with van der Waals surface area (Å²) in [4.78, 5) is 11.8. The highest BCUT2D eigenvalue weighted by molar-refractivity contribution is 5.85. The lowest BCUT2D eigenvalue weighted by atomic mass is 10.0. The van der Waals surface area contributed by atoms with Crippen molar-refractivity contribution in [3.63, 3.8) is 0 Å². The van der Waals surface area contributed by atoms with Gasteiger partial charge in [-0.1, -0.05) is 6.07 Å². The molecule has 0 bridgehead atoms. The summed E-state index contributed by atoms with van der Waals surface area (Å²) in [6, 6.07) is 3.60. The van der Waals surface area contributed by atoms with Crippen molar-refractivity contribution in [2.45, 2.75) is 38.4 Å². The lowest BCUT2D eigenvalue weighted by Crippen LogP contribution is -2.23. The maximum absolute atomic E-state index is 13.3. The Bertz CT molecular complexity index is 411. The Hall–Kier alpha value is -1.29. The topological polar surface area (TPSA) is 26.3 Å². The van der Waals surface area contributed by atoms with Gasteiger partial charge in [0.25, 0.3) is 0 Å². The van der Waals surface area contributed by atoms with Crippen LogP contribution in [0.5, 0.6) is 0 Å². The molecule has 1 aliphatic rings. The van der Waals surface area contributed by atoms with Gasteiger partial charge in [0.15, 0.2) is 5.78 Å². The number of benzene rings is 1. The number of carbonyl (C=O) groups is 1. The van der Waals surface area contributed by atoms with E-state index in [0.717, 1.165) is 18.6 Å². The Morgan fingerprint density at radius 3 is 2.53 bits per heavy atom. The van der Waals surface area contributed by atoms with Crippen molar-refractivity contribution in [2.24, 2.45) is 0 Å². The number of rotatable bonds is 3. The van der Waals surface area contributed by atoms with Crippen LogP contribution in [0.15, 0.2) is 18.2 Å². The average Bonchev–Trinajstić information content (AvgIpc) is 2.70. The molecule has 2 unspecified atom stereocenters. The predicted molar refractivity (Wildman–Crippen MR) is 58.6 cm³/mol. The molecule has 0 radical (unpaired) electrons. The van der Waals surface area contributed by atoms with E-state index in [1.54, 1.807) is 0 Å². The SMILES string of the molecule is CC1CCC(C(=O)Cc2c(F)cccc2F)O1. The smallest absolute Gasteiger partial charge is 0.166 e. The van der Waals surface area contributed by atoms with Gasteiger partial charge >= 0.3 is 0 Å². The molecule has 1 aromatic rings. The van der Waals surface area contributed by atoms with Crippen LogP contribution >= 0.6 is 0 Å². The van der Waals surface area contributed by atoms with Crippen LogP contribution in [0, 0.1) is 11.6 Å². The van der Waals surface area contributed by atoms with Gasteiger partial charge in [0.1, 0.15) is 17.7 Å². The molecule has 2 nitrogen and oxygen atoms in total. The Kier molecular flexibility index (Phi) is 3.52. The quantitative estimate of drug-likeness (QED) is 0.811. The van der Waals surface area contributed by atoms with Gasteiger partial charge in [0.2, 0.25) is 0 Å². The molecule has 1 heterocycles. The van der Waals surface area contributed by atoms with Gasteiger partial charge in [0, 0.05) is 12.0 Å². The first kappa shape index (κ1) is 12.2. The fourth-order valence-electron chi connectivity index (χ4n) is 2.03. The van der Waals surface area contributed by atoms with E-state index in [2.05, 4.69) is 0 Å². The molecular weight excluding hydrogens is 226 g/mol. The maximum atomic E-state index is 13.3. The first-order valence-electron chi connectivity index (χ1n) is 5.69. The summed E-state index contributed by atoms with van der Waals surface area (Å²) in [5.74, 6) is -1.60. The van der Waals surface area contributed by atoms with E-state index < -0.39 is 17.7 Å². The molecule has 0 N–H and O–H groups in total. The van der Waals surface area contributed by atoms with Crippen molar-refractivity contribution in [3.05, 3.63) is 35.4 Å².